The van der Waals surface area contributed by atoms with Gasteiger partial charge in [0.05, 0.1) is 12.7 Å². The van der Waals surface area contributed by atoms with E-state index in [2.05, 4.69) is 35.7 Å². The van der Waals surface area contributed by atoms with E-state index >= 15 is 0 Å². The van der Waals surface area contributed by atoms with Crippen molar-refractivity contribution in [1.29, 1.82) is 0 Å². The number of ketones is 1. The van der Waals surface area contributed by atoms with Crippen LogP contribution in [0.15, 0.2) is 18.5 Å². The Labute approximate surface area is 118 Å². The summed E-state index contributed by atoms with van der Waals surface area (Å²) in [4.78, 5) is 12.3. The smallest absolute Gasteiger partial charge is 0.165 e. The zero-order valence-corrected chi connectivity index (χ0v) is 12.3. The van der Waals surface area contributed by atoms with Gasteiger partial charge in [0.2, 0.25) is 0 Å². The lowest BCUT2D eigenvalue weighted by Crippen LogP contribution is -2.28. The predicted octanol–water partition coefficient (Wildman–Crippen LogP) is 2.24. The highest BCUT2D eigenvalue weighted by Gasteiger charge is 2.33. The first kappa shape index (κ1) is 13.1. The molecule has 106 valence electrons. The molecule has 0 saturated carbocycles. The second-order valence-electron chi connectivity index (χ2n) is 6.40. The number of aryl methyl sites for hydroxylation is 2. The van der Waals surface area contributed by atoms with Crippen molar-refractivity contribution < 1.29 is 4.79 Å². The third-order valence-electron chi connectivity index (χ3n) is 4.03. The van der Waals surface area contributed by atoms with Crippen LogP contribution in [0.5, 0.6) is 0 Å². The van der Waals surface area contributed by atoms with Crippen LogP contribution < -0.4 is 0 Å². The van der Waals surface area contributed by atoms with Gasteiger partial charge in [-0.3, -0.25) is 9.48 Å². The Bertz CT molecular complexity index is 637. The van der Waals surface area contributed by atoms with Crippen molar-refractivity contribution in [2.75, 3.05) is 0 Å². The highest BCUT2D eigenvalue weighted by atomic mass is 16.1. The summed E-state index contributed by atoms with van der Waals surface area (Å²) in [6.45, 7) is 8.00. The molecule has 0 unspecified atom stereocenters. The second kappa shape index (κ2) is 4.58. The van der Waals surface area contributed by atoms with E-state index < -0.39 is 0 Å². The number of hydrogen-bond acceptors (Lipinski definition) is 3. The summed E-state index contributed by atoms with van der Waals surface area (Å²) < 4.78 is 4.08. The minimum Gasteiger partial charge on any atom is -0.346 e. The molecule has 0 saturated heterocycles. The lowest BCUT2D eigenvalue weighted by atomic mass is 9.76. The first-order valence-corrected chi connectivity index (χ1v) is 7.03. The van der Waals surface area contributed by atoms with Crippen molar-refractivity contribution in [1.82, 2.24) is 19.6 Å². The highest BCUT2D eigenvalue weighted by molar-refractivity contribution is 5.99. The quantitative estimate of drug-likeness (QED) is 0.861. The van der Waals surface area contributed by atoms with Gasteiger partial charge in [0, 0.05) is 36.1 Å². The average molecular weight is 272 g/mol. The molecule has 3 rings (SSSR count). The summed E-state index contributed by atoms with van der Waals surface area (Å²) in [5.41, 5.74) is 3.31. The van der Waals surface area contributed by atoms with E-state index in [1.54, 1.807) is 6.20 Å². The molecule has 0 amide bonds. The molecule has 0 spiro atoms. The van der Waals surface area contributed by atoms with E-state index in [1.165, 1.54) is 5.69 Å². The first-order chi connectivity index (χ1) is 9.46. The third kappa shape index (κ3) is 2.28. The van der Waals surface area contributed by atoms with Crippen LogP contribution in [-0.4, -0.2) is 25.3 Å². The van der Waals surface area contributed by atoms with Gasteiger partial charge in [-0.25, -0.2) is 0 Å². The summed E-state index contributed by atoms with van der Waals surface area (Å²) in [5.74, 6) is 0.277. The van der Waals surface area contributed by atoms with E-state index in [0.29, 0.717) is 6.42 Å². The van der Waals surface area contributed by atoms with Crippen molar-refractivity contribution >= 4 is 5.78 Å². The van der Waals surface area contributed by atoms with Crippen molar-refractivity contribution in [2.24, 2.45) is 5.41 Å². The monoisotopic (exact) mass is 272 g/mol. The van der Waals surface area contributed by atoms with E-state index in [1.807, 2.05) is 16.9 Å². The van der Waals surface area contributed by atoms with Crippen LogP contribution in [0, 0.1) is 12.3 Å². The molecule has 0 bridgehead atoms. The molecule has 1 aliphatic rings. The molecule has 0 radical (unpaired) electrons. The second-order valence-corrected chi connectivity index (χ2v) is 6.40. The fourth-order valence-corrected chi connectivity index (χ4v) is 3.07. The van der Waals surface area contributed by atoms with Crippen LogP contribution in [0.4, 0.5) is 0 Å². The molecular formula is C15H20N4O. The number of Topliss-reactive ketones (excluding diaryl/α,β-unsaturated/α-hetero) is 1. The minimum atomic E-state index is 0.0554. The summed E-state index contributed by atoms with van der Waals surface area (Å²) in [6.07, 6.45) is 5.15. The van der Waals surface area contributed by atoms with Crippen LogP contribution in [0.3, 0.4) is 0 Å². The third-order valence-corrected chi connectivity index (χ3v) is 4.03. The van der Waals surface area contributed by atoms with E-state index in [9.17, 15) is 4.79 Å². The van der Waals surface area contributed by atoms with Crippen LogP contribution in [-0.2, 0) is 19.5 Å². The van der Waals surface area contributed by atoms with Gasteiger partial charge < -0.3 is 4.57 Å². The van der Waals surface area contributed by atoms with Crippen molar-refractivity contribution in [3.8, 4) is 0 Å². The van der Waals surface area contributed by atoms with Crippen LogP contribution in [0.25, 0.3) is 0 Å². The van der Waals surface area contributed by atoms with Gasteiger partial charge in [-0.1, -0.05) is 19.1 Å². The van der Waals surface area contributed by atoms with E-state index in [4.69, 9.17) is 0 Å². The van der Waals surface area contributed by atoms with Gasteiger partial charge >= 0.3 is 0 Å². The lowest BCUT2D eigenvalue weighted by molar-refractivity contribution is 0.0910. The zero-order valence-electron chi connectivity index (χ0n) is 12.3. The molecule has 2 heterocycles. The fraction of sp³-hybridized carbons (Fsp3) is 0.533. The number of aromatic nitrogens is 4. The van der Waals surface area contributed by atoms with Gasteiger partial charge in [-0.15, -0.1) is 5.10 Å². The number of carbonyl (C=O) groups is 1. The SMILES string of the molecule is Cc1cc2c(n1CCn1ccnn1)CC(C)(C)CC2=O. The zero-order chi connectivity index (χ0) is 14.3. The Balaban J connectivity index is 1.90. The Morgan fingerprint density at radius 1 is 1.30 bits per heavy atom. The standard InChI is InChI=1S/C15H20N4O/c1-11-8-12-13(9-15(2,3)10-14(12)20)19(11)7-6-18-5-4-16-17-18/h4-5,8H,6-7,9-10H2,1-3H3. The Morgan fingerprint density at radius 2 is 2.10 bits per heavy atom. The number of nitrogens with zero attached hydrogens (tertiary/aromatic N) is 4. The summed E-state index contributed by atoms with van der Waals surface area (Å²) >= 11 is 0. The lowest BCUT2D eigenvalue weighted by Gasteiger charge is -2.29. The number of fused-ring (bicyclic) bond motifs is 1. The normalized spacial score (nSPS) is 17.2. The molecule has 2 aromatic rings. The topological polar surface area (TPSA) is 52.7 Å². The molecule has 0 N–H and O–H groups in total. The molecule has 0 atom stereocenters. The molecule has 0 fully saturated rings. The fourth-order valence-electron chi connectivity index (χ4n) is 3.07. The molecule has 0 aromatic carbocycles. The Kier molecular flexibility index (Phi) is 3.00. The van der Waals surface area contributed by atoms with Crippen LogP contribution >= 0.6 is 0 Å². The molecule has 5 heteroatoms. The molecule has 20 heavy (non-hydrogen) atoms. The van der Waals surface area contributed by atoms with E-state index in [0.717, 1.165) is 30.8 Å². The number of carbonyl (C=O) groups excluding carboxylic acids is 1. The van der Waals surface area contributed by atoms with Gasteiger partial charge in [0.25, 0.3) is 0 Å². The van der Waals surface area contributed by atoms with Crippen molar-refractivity contribution in [3.63, 3.8) is 0 Å². The molecule has 5 nitrogen and oxygen atoms in total. The Morgan fingerprint density at radius 3 is 2.80 bits per heavy atom. The summed E-state index contributed by atoms with van der Waals surface area (Å²) in [6, 6.07) is 2.04. The predicted molar refractivity (Wildman–Crippen MR) is 75.6 cm³/mol. The molecule has 1 aliphatic carbocycles. The first-order valence-electron chi connectivity index (χ1n) is 7.03. The largest absolute Gasteiger partial charge is 0.346 e. The molecule has 0 aliphatic heterocycles. The number of hydrogen-bond donors (Lipinski definition) is 0. The van der Waals surface area contributed by atoms with Crippen molar-refractivity contribution in [2.45, 2.75) is 46.7 Å². The van der Waals surface area contributed by atoms with Gasteiger partial charge in [0.15, 0.2) is 5.78 Å². The number of rotatable bonds is 3. The Hall–Kier alpha value is -1.91. The maximum absolute atomic E-state index is 12.3. The van der Waals surface area contributed by atoms with Gasteiger partial charge in [-0.05, 0) is 24.8 Å². The summed E-state index contributed by atoms with van der Waals surface area (Å²) in [7, 11) is 0. The van der Waals surface area contributed by atoms with Gasteiger partial charge in [-0.2, -0.15) is 0 Å². The molecule has 2 aromatic heterocycles. The van der Waals surface area contributed by atoms with Crippen molar-refractivity contribution in [3.05, 3.63) is 35.4 Å². The van der Waals surface area contributed by atoms with E-state index in [-0.39, 0.29) is 11.2 Å². The maximum Gasteiger partial charge on any atom is 0.165 e. The average Bonchev–Trinajstić information content (AvgIpc) is 2.94. The van der Waals surface area contributed by atoms with Crippen LogP contribution in [0.1, 0.15) is 42.0 Å². The molecular weight excluding hydrogens is 252 g/mol. The van der Waals surface area contributed by atoms with Gasteiger partial charge in [0.1, 0.15) is 0 Å². The maximum atomic E-state index is 12.3. The highest BCUT2D eigenvalue weighted by Crippen LogP contribution is 2.36. The van der Waals surface area contributed by atoms with Crippen LogP contribution in [0.2, 0.25) is 0 Å². The summed E-state index contributed by atoms with van der Waals surface area (Å²) in [5, 5.41) is 7.80. The minimum absolute atomic E-state index is 0.0554.